The number of carbonyl (C=O) groups is 1. The summed E-state index contributed by atoms with van der Waals surface area (Å²) in [6.45, 7) is 2.13. The number of aromatic nitrogens is 3. The number of nitrogens with zero attached hydrogens (tertiary/aromatic N) is 4. The van der Waals surface area contributed by atoms with E-state index < -0.39 is 27.5 Å². The number of amides is 1. The van der Waals surface area contributed by atoms with Crippen molar-refractivity contribution in [3.8, 4) is 0 Å². The van der Waals surface area contributed by atoms with E-state index in [2.05, 4.69) is 22.4 Å². The summed E-state index contributed by atoms with van der Waals surface area (Å²) in [6.07, 6.45) is 0.939. The first kappa shape index (κ1) is 28.9. The number of halogens is 3. The fraction of sp³-hybridized carbons (Fsp3) is 0.500. The average molecular weight is 602 g/mol. The Morgan fingerprint density at radius 1 is 1.14 bits per heavy atom. The molecule has 0 bridgehead atoms. The molecule has 3 aliphatic rings. The molecule has 1 aromatic heterocycles. The molecule has 2 aliphatic heterocycles. The van der Waals surface area contributed by atoms with Gasteiger partial charge in [0.15, 0.2) is 0 Å². The summed E-state index contributed by atoms with van der Waals surface area (Å²) in [5, 5.41) is 11.7. The van der Waals surface area contributed by atoms with Crippen LogP contribution in [0.25, 0.3) is 0 Å². The van der Waals surface area contributed by atoms with Crippen molar-refractivity contribution < 1.29 is 26.4 Å². The number of hydrogen-bond acceptors (Lipinski definition) is 6. The van der Waals surface area contributed by atoms with Crippen molar-refractivity contribution in [1.82, 2.24) is 20.1 Å². The molecule has 2 aromatic carbocycles. The van der Waals surface area contributed by atoms with Crippen molar-refractivity contribution in [2.24, 2.45) is 13.0 Å². The lowest BCUT2D eigenvalue weighted by atomic mass is 9.78. The van der Waals surface area contributed by atoms with E-state index in [-0.39, 0.29) is 53.1 Å². The number of nitrogens with one attached hydrogen (secondary N) is 1. The predicted octanol–water partition coefficient (Wildman–Crippen LogP) is 4.98. The summed E-state index contributed by atoms with van der Waals surface area (Å²) in [7, 11) is -1.27. The molecule has 3 heterocycles. The summed E-state index contributed by atoms with van der Waals surface area (Å²) in [6, 6.07) is 9.98. The van der Waals surface area contributed by atoms with Crippen molar-refractivity contribution >= 4 is 21.4 Å². The number of anilines is 1. The Morgan fingerprint density at radius 3 is 2.50 bits per heavy atom. The van der Waals surface area contributed by atoms with Crippen molar-refractivity contribution in [3.05, 3.63) is 76.4 Å². The zero-order valence-electron chi connectivity index (χ0n) is 23.6. The first-order valence-electron chi connectivity index (χ1n) is 14.3. The largest absolute Gasteiger partial charge is 0.416 e. The van der Waals surface area contributed by atoms with Crippen LogP contribution in [0.4, 0.5) is 18.9 Å². The minimum atomic E-state index is -4.60. The molecule has 6 rings (SSSR count). The van der Waals surface area contributed by atoms with Gasteiger partial charge in [-0.1, -0.05) is 12.1 Å². The molecule has 2 fully saturated rings. The average Bonchev–Trinajstić information content (AvgIpc) is 3.49. The fourth-order valence-electron chi connectivity index (χ4n) is 6.56. The summed E-state index contributed by atoms with van der Waals surface area (Å²) in [5.41, 5.74) is 0.934. The summed E-state index contributed by atoms with van der Waals surface area (Å²) < 4.78 is 68.8. The number of sulfone groups is 1. The monoisotopic (exact) mass is 601 g/mol. The van der Waals surface area contributed by atoms with Gasteiger partial charge in [-0.3, -0.25) is 4.79 Å². The lowest BCUT2D eigenvalue weighted by Gasteiger charge is -2.39. The molecule has 3 aromatic rings. The molecule has 1 saturated carbocycles. The number of rotatable bonds is 7. The second-order valence-electron chi connectivity index (χ2n) is 12.2. The minimum Gasteiger partial charge on any atom is -0.320 e. The van der Waals surface area contributed by atoms with Crippen LogP contribution >= 0.6 is 0 Å². The smallest absolute Gasteiger partial charge is 0.320 e. The van der Waals surface area contributed by atoms with Crippen molar-refractivity contribution in [1.29, 1.82) is 0 Å². The number of alkyl halides is 3. The highest BCUT2D eigenvalue weighted by molar-refractivity contribution is 7.91. The van der Waals surface area contributed by atoms with Gasteiger partial charge in [0, 0.05) is 36.3 Å². The fourth-order valence-corrected chi connectivity index (χ4v) is 8.09. The zero-order valence-corrected chi connectivity index (χ0v) is 24.4. The van der Waals surface area contributed by atoms with Crippen LogP contribution in [0.15, 0.2) is 42.7 Å². The van der Waals surface area contributed by atoms with Crippen LogP contribution in [0, 0.1) is 5.92 Å². The maximum absolute atomic E-state index is 14.2. The van der Waals surface area contributed by atoms with Crippen molar-refractivity contribution in [3.63, 3.8) is 0 Å². The molecular weight excluding hydrogens is 567 g/mol. The van der Waals surface area contributed by atoms with Crippen molar-refractivity contribution in [2.45, 2.75) is 69.8 Å². The lowest BCUT2D eigenvalue weighted by Crippen LogP contribution is -2.47. The molecule has 1 amide bonds. The number of benzene rings is 2. The third kappa shape index (κ3) is 5.46. The van der Waals surface area contributed by atoms with Gasteiger partial charge in [-0.25, -0.2) is 8.42 Å². The van der Waals surface area contributed by atoms with E-state index in [1.165, 1.54) is 11.0 Å². The van der Waals surface area contributed by atoms with Gasteiger partial charge >= 0.3 is 6.18 Å². The van der Waals surface area contributed by atoms with Gasteiger partial charge in [0.05, 0.1) is 23.6 Å². The maximum Gasteiger partial charge on any atom is 0.416 e. The molecule has 1 N–H and O–H groups in total. The SMILES string of the molecule is Cn1cnnc1C(c1cccc(N2Cc3c(cc(CNC4(C)CCC4)cc3C(F)(F)F)C2=O)c1)C1CCS(=O)(=O)CC1. The Hall–Kier alpha value is -3.25. The first-order chi connectivity index (χ1) is 19.8. The highest BCUT2D eigenvalue weighted by atomic mass is 32.2. The highest BCUT2D eigenvalue weighted by Crippen LogP contribution is 2.42. The van der Waals surface area contributed by atoms with Gasteiger partial charge in [-0.15, -0.1) is 10.2 Å². The van der Waals surface area contributed by atoms with Crippen LogP contribution in [0.1, 0.15) is 83.4 Å². The maximum atomic E-state index is 14.2. The van der Waals surface area contributed by atoms with Gasteiger partial charge in [0.25, 0.3) is 5.91 Å². The van der Waals surface area contributed by atoms with Crippen LogP contribution in [0.2, 0.25) is 0 Å². The van der Waals surface area contributed by atoms with Gasteiger partial charge in [-0.2, -0.15) is 13.2 Å². The van der Waals surface area contributed by atoms with Crippen molar-refractivity contribution in [2.75, 3.05) is 16.4 Å². The molecule has 0 spiro atoms. The third-order valence-electron chi connectivity index (χ3n) is 9.22. The van der Waals surface area contributed by atoms with Gasteiger partial charge in [0.1, 0.15) is 22.0 Å². The second kappa shape index (κ2) is 10.5. The van der Waals surface area contributed by atoms with E-state index in [1.807, 2.05) is 19.2 Å². The Labute approximate surface area is 243 Å². The molecule has 1 atom stereocenters. The molecule has 1 aliphatic carbocycles. The third-order valence-corrected chi connectivity index (χ3v) is 10.9. The number of fused-ring (bicyclic) bond motifs is 1. The van der Waals surface area contributed by atoms with E-state index in [4.69, 9.17) is 0 Å². The lowest BCUT2D eigenvalue weighted by molar-refractivity contribution is -0.138. The molecule has 1 saturated heterocycles. The molecule has 42 heavy (non-hydrogen) atoms. The summed E-state index contributed by atoms with van der Waals surface area (Å²) >= 11 is 0. The Morgan fingerprint density at radius 2 is 1.88 bits per heavy atom. The molecule has 0 radical (unpaired) electrons. The molecule has 224 valence electrons. The Balaban J connectivity index is 1.33. The van der Waals surface area contributed by atoms with Gasteiger partial charge < -0.3 is 14.8 Å². The van der Waals surface area contributed by atoms with E-state index >= 15 is 0 Å². The topological polar surface area (TPSA) is 97.2 Å². The van der Waals surface area contributed by atoms with Crippen LogP contribution in [0.5, 0.6) is 0 Å². The quantitative estimate of drug-likeness (QED) is 0.410. The first-order valence-corrected chi connectivity index (χ1v) is 16.1. The molecular formula is C30H34F3N5O3S. The standard InChI is InChI=1S/C30H34F3N5O3S/c1-29(9-4-10-29)34-16-19-13-23-24(25(14-19)30(31,32)33)17-38(28(23)39)22-6-3-5-21(15-22)26(27-36-35-18-37(27)2)20-7-11-42(40,41)12-8-20/h3,5-6,13-15,18,20,26,34H,4,7-12,16-17H2,1-2H3. The highest BCUT2D eigenvalue weighted by Gasteiger charge is 2.41. The molecule has 1 unspecified atom stereocenters. The minimum absolute atomic E-state index is 0.0150. The number of aryl methyl sites for hydroxylation is 1. The van der Waals surface area contributed by atoms with E-state index in [9.17, 15) is 26.4 Å². The summed E-state index contributed by atoms with van der Waals surface area (Å²) in [4.78, 5) is 15.1. The normalized spacial score (nSPS) is 20.8. The van der Waals surface area contributed by atoms with Crippen LogP contribution in [-0.4, -0.2) is 46.1 Å². The van der Waals surface area contributed by atoms with Gasteiger partial charge in [0.2, 0.25) is 0 Å². The van der Waals surface area contributed by atoms with E-state index in [0.29, 0.717) is 29.9 Å². The second-order valence-corrected chi connectivity index (χ2v) is 14.5. The summed E-state index contributed by atoms with van der Waals surface area (Å²) in [5.74, 6) is 0.0593. The van der Waals surface area contributed by atoms with Crippen LogP contribution < -0.4 is 10.2 Å². The predicted molar refractivity (Wildman–Crippen MR) is 152 cm³/mol. The Bertz CT molecular complexity index is 1620. The van der Waals surface area contributed by atoms with E-state index in [0.717, 1.165) is 24.8 Å². The number of hydrogen-bond donors (Lipinski definition) is 1. The van der Waals surface area contributed by atoms with E-state index in [1.54, 1.807) is 29.1 Å². The Kier molecular flexibility index (Phi) is 7.20. The van der Waals surface area contributed by atoms with Crippen LogP contribution in [0.3, 0.4) is 0 Å². The van der Waals surface area contributed by atoms with Crippen LogP contribution in [-0.2, 0) is 36.2 Å². The zero-order chi connectivity index (χ0) is 29.9. The van der Waals surface area contributed by atoms with Gasteiger partial charge in [-0.05, 0) is 85.9 Å². The molecule has 12 heteroatoms. The molecule has 8 nitrogen and oxygen atoms in total. The number of carbonyl (C=O) groups excluding carboxylic acids is 1.